The van der Waals surface area contributed by atoms with E-state index in [1.807, 2.05) is 30.3 Å². The molecule has 1 N–H and O–H groups in total. The van der Waals surface area contributed by atoms with E-state index in [0.29, 0.717) is 5.82 Å². The minimum Gasteiger partial charge on any atom is -0.268 e. The molecule has 10 heteroatoms. The van der Waals surface area contributed by atoms with Crippen molar-refractivity contribution in [3.63, 3.8) is 0 Å². The third-order valence-electron chi connectivity index (χ3n) is 3.78. The Kier molecular flexibility index (Phi) is 4.38. The van der Waals surface area contributed by atoms with E-state index in [-0.39, 0.29) is 22.7 Å². The molecule has 0 amide bonds. The molecule has 4 rings (SSSR count). The van der Waals surface area contributed by atoms with Crippen LogP contribution in [0.3, 0.4) is 0 Å². The van der Waals surface area contributed by atoms with Crippen LogP contribution in [-0.4, -0.2) is 40.9 Å². The highest BCUT2D eigenvalue weighted by molar-refractivity contribution is 7.71. The van der Waals surface area contributed by atoms with Crippen LogP contribution in [0.5, 0.6) is 0 Å². The largest absolute Gasteiger partial charge is 0.268 e. The minimum absolute atomic E-state index is 0.0635. The lowest BCUT2D eigenvalue weighted by atomic mass is 10.2. The average molecular weight is 381 g/mol. The summed E-state index contributed by atoms with van der Waals surface area (Å²) in [5.41, 5.74) is 0.976. The maximum Gasteiger partial charge on any atom is 0.265 e. The second kappa shape index (κ2) is 7.00. The van der Waals surface area contributed by atoms with Crippen molar-refractivity contribution in [2.75, 3.05) is 0 Å². The summed E-state index contributed by atoms with van der Waals surface area (Å²) in [5.74, 6) is -0.270. The molecule has 0 aliphatic heterocycles. The van der Waals surface area contributed by atoms with Crippen molar-refractivity contribution in [1.82, 2.24) is 35.0 Å². The van der Waals surface area contributed by atoms with Crippen molar-refractivity contribution in [3.05, 3.63) is 76.6 Å². The number of aromatic amines is 1. The fraction of sp³-hybridized carbons (Fsp3) is 0.0588. The number of halogens is 1. The molecule has 0 spiro atoms. The lowest BCUT2D eigenvalue weighted by molar-refractivity contribution is 0.0953. The second-order valence-electron chi connectivity index (χ2n) is 5.61. The standard InChI is InChI=1S/C17H12FN7OS/c18-13-8-4-7-12(9-13)16(26)25-14(19-21-17(25)27)10-24-22-15(20-23-24)11-5-2-1-3-6-11/h1-9H,10H2,(H,21,27). The van der Waals surface area contributed by atoms with E-state index in [4.69, 9.17) is 12.2 Å². The first kappa shape index (κ1) is 16.9. The van der Waals surface area contributed by atoms with Gasteiger partial charge in [0.2, 0.25) is 10.6 Å². The van der Waals surface area contributed by atoms with Crippen LogP contribution in [0.15, 0.2) is 54.6 Å². The van der Waals surface area contributed by atoms with Crippen LogP contribution in [0.2, 0.25) is 0 Å². The van der Waals surface area contributed by atoms with E-state index in [9.17, 15) is 9.18 Å². The summed E-state index contributed by atoms with van der Waals surface area (Å²) in [6.07, 6.45) is 0. The van der Waals surface area contributed by atoms with Gasteiger partial charge in [-0.2, -0.15) is 9.90 Å². The number of nitrogens with zero attached hydrogens (tertiary/aromatic N) is 6. The summed E-state index contributed by atoms with van der Waals surface area (Å²) >= 11 is 5.14. The fourth-order valence-corrected chi connectivity index (χ4v) is 2.77. The van der Waals surface area contributed by atoms with Gasteiger partial charge in [-0.3, -0.25) is 9.89 Å². The molecule has 2 aromatic carbocycles. The Balaban J connectivity index is 1.64. The van der Waals surface area contributed by atoms with Crippen LogP contribution in [0, 0.1) is 10.6 Å². The van der Waals surface area contributed by atoms with Gasteiger partial charge >= 0.3 is 0 Å². The lowest BCUT2D eigenvalue weighted by Crippen LogP contribution is -2.18. The smallest absolute Gasteiger partial charge is 0.265 e. The van der Waals surface area contributed by atoms with Crippen molar-refractivity contribution >= 4 is 18.1 Å². The van der Waals surface area contributed by atoms with Gasteiger partial charge in [-0.25, -0.2) is 8.96 Å². The van der Waals surface area contributed by atoms with Crippen LogP contribution >= 0.6 is 12.2 Å². The van der Waals surface area contributed by atoms with E-state index in [1.54, 1.807) is 0 Å². The molecule has 134 valence electrons. The Morgan fingerprint density at radius 1 is 1.15 bits per heavy atom. The van der Waals surface area contributed by atoms with Crippen molar-refractivity contribution in [3.8, 4) is 11.4 Å². The number of aromatic nitrogens is 7. The molecular weight excluding hydrogens is 369 g/mol. The Morgan fingerprint density at radius 3 is 2.74 bits per heavy atom. The van der Waals surface area contributed by atoms with Gasteiger partial charge in [0.1, 0.15) is 12.4 Å². The third kappa shape index (κ3) is 3.42. The molecule has 27 heavy (non-hydrogen) atoms. The zero-order valence-electron chi connectivity index (χ0n) is 13.8. The summed E-state index contributed by atoms with van der Waals surface area (Å²) in [7, 11) is 0. The van der Waals surface area contributed by atoms with Gasteiger partial charge in [-0.15, -0.1) is 10.2 Å². The van der Waals surface area contributed by atoms with Gasteiger partial charge in [-0.05, 0) is 35.6 Å². The Hall–Kier alpha value is -3.53. The van der Waals surface area contributed by atoms with Gasteiger partial charge in [0.05, 0.1) is 0 Å². The predicted molar refractivity (Wildman–Crippen MR) is 95.9 cm³/mol. The summed E-state index contributed by atoms with van der Waals surface area (Å²) in [6, 6.07) is 14.7. The van der Waals surface area contributed by atoms with Crippen molar-refractivity contribution in [2.45, 2.75) is 6.54 Å². The van der Waals surface area contributed by atoms with E-state index in [2.05, 4.69) is 25.6 Å². The fourth-order valence-electron chi connectivity index (χ4n) is 2.54. The number of hydrogen-bond acceptors (Lipinski definition) is 6. The van der Waals surface area contributed by atoms with Crippen LogP contribution in [0.1, 0.15) is 16.2 Å². The minimum atomic E-state index is -0.511. The monoisotopic (exact) mass is 381 g/mol. The van der Waals surface area contributed by atoms with Crippen LogP contribution < -0.4 is 0 Å². The Labute approximate surface area is 157 Å². The van der Waals surface area contributed by atoms with E-state index < -0.39 is 11.7 Å². The first-order valence-corrected chi connectivity index (χ1v) is 8.32. The topological polar surface area (TPSA) is 94.3 Å². The molecule has 0 aliphatic rings. The van der Waals surface area contributed by atoms with Crippen LogP contribution in [-0.2, 0) is 6.54 Å². The number of nitrogens with one attached hydrogen (secondary N) is 1. The molecule has 0 atom stereocenters. The molecule has 0 unspecified atom stereocenters. The highest BCUT2D eigenvalue weighted by Crippen LogP contribution is 2.13. The number of H-pyrrole nitrogens is 1. The summed E-state index contributed by atoms with van der Waals surface area (Å²) in [4.78, 5) is 14.0. The predicted octanol–water partition coefficient (Wildman–Crippen LogP) is 2.47. The molecular formula is C17H12FN7OS. The van der Waals surface area contributed by atoms with Crippen molar-refractivity contribution in [2.24, 2.45) is 0 Å². The first-order valence-electron chi connectivity index (χ1n) is 7.91. The first-order chi connectivity index (χ1) is 13.1. The summed E-state index contributed by atoms with van der Waals surface area (Å²) in [6.45, 7) is 0.0635. The SMILES string of the molecule is O=C(c1cccc(F)c1)n1c(Cn2nnc(-c3ccccc3)n2)n[nH]c1=S. The molecule has 0 bridgehead atoms. The average Bonchev–Trinajstić information content (AvgIpc) is 3.29. The number of tetrazole rings is 1. The van der Waals surface area contributed by atoms with Crippen LogP contribution in [0.4, 0.5) is 4.39 Å². The molecule has 0 saturated carbocycles. The van der Waals surface area contributed by atoms with Gasteiger partial charge in [0.25, 0.3) is 5.91 Å². The van der Waals surface area contributed by atoms with Crippen molar-refractivity contribution in [1.29, 1.82) is 0 Å². The van der Waals surface area contributed by atoms with E-state index >= 15 is 0 Å². The van der Waals surface area contributed by atoms with E-state index in [0.717, 1.165) is 11.6 Å². The van der Waals surface area contributed by atoms with Gasteiger partial charge < -0.3 is 0 Å². The molecule has 0 saturated heterocycles. The number of hydrogen-bond donors (Lipinski definition) is 1. The Bertz CT molecular complexity index is 1170. The van der Waals surface area contributed by atoms with Gasteiger partial charge in [-0.1, -0.05) is 36.4 Å². The molecule has 0 fully saturated rings. The number of carbonyl (C=O) groups excluding carboxylic acids is 1. The maximum atomic E-state index is 13.4. The summed E-state index contributed by atoms with van der Waals surface area (Å²) in [5, 5.41) is 18.9. The zero-order valence-corrected chi connectivity index (χ0v) is 14.6. The molecule has 4 aromatic rings. The van der Waals surface area contributed by atoms with Gasteiger partial charge in [0, 0.05) is 11.1 Å². The molecule has 0 radical (unpaired) electrons. The Morgan fingerprint density at radius 2 is 1.96 bits per heavy atom. The summed E-state index contributed by atoms with van der Waals surface area (Å²) < 4.78 is 14.7. The highest BCUT2D eigenvalue weighted by atomic mass is 32.1. The molecule has 2 heterocycles. The van der Waals surface area contributed by atoms with Crippen LogP contribution in [0.25, 0.3) is 11.4 Å². The normalized spacial score (nSPS) is 10.9. The molecule has 2 aromatic heterocycles. The lowest BCUT2D eigenvalue weighted by Gasteiger charge is -2.05. The number of rotatable bonds is 4. The molecule has 8 nitrogen and oxygen atoms in total. The highest BCUT2D eigenvalue weighted by Gasteiger charge is 2.18. The maximum absolute atomic E-state index is 13.4. The second-order valence-corrected chi connectivity index (χ2v) is 5.99. The van der Waals surface area contributed by atoms with Crippen molar-refractivity contribution < 1.29 is 9.18 Å². The number of carbonyl (C=O) groups is 1. The number of benzene rings is 2. The third-order valence-corrected chi connectivity index (χ3v) is 4.06. The van der Waals surface area contributed by atoms with E-state index in [1.165, 1.54) is 27.6 Å². The molecule has 0 aliphatic carbocycles. The van der Waals surface area contributed by atoms with Gasteiger partial charge in [0.15, 0.2) is 5.82 Å². The quantitative estimate of drug-likeness (QED) is 0.546. The zero-order chi connectivity index (χ0) is 18.8.